The number of para-hydroxylation sites is 7. The lowest BCUT2D eigenvalue weighted by Gasteiger charge is -2.27. The second-order valence-electron chi connectivity index (χ2n) is 34.2. The lowest BCUT2D eigenvalue weighted by atomic mass is 9.75. The van der Waals surface area contributed by atoms with Gasteiger partial charge in [0.05, 0.1) is 44.1 Å². The molecular formula is C116H80N4. The number of hydrogen-bond acceptors (Lipinski definition) is 0. The summed E-state index contributed by atoms with van der Waals surface area (Å²) in [5.74, 6) is 0. The van der Waals surface area contributed by atoms with E-state index in [2.05, 4.69) is 432 Å². The van der Waals surface area contributed by atoms with Crippen molar-refractivity contribution in [3.63, 3.8) is 0 Å². The van der Waals surface area contributed by atoms with Crippen molar-refractivity contribution in [1.82, 2.24) is 18.3 Å². The van der Waals surface area contributed by atoms with E-state index in [-0.39, 0.29) is 10.8 Å². The van der Waals surface area contributed by atoms with E-state index < -0.39 is 0 Å². The first kappa shape index (κ1) is 68.4. The minimum Gasteiger partial charge on any atom is -0.309 e. The standard InChI is InChI=1S/C116H80N4/c1-115(2)102-69-81(75-39-37-73(38-40-75)77-48-56-109-97(63-77)92-31-15-18-34-106(92)117(109)86-23-7-3-8-24-86)47-55-95(102)114-96(68-85(72-105(114)115)76-43-41-74(42-44-76)78-49-57-110-98(64-78)93-32-16-19-35-107(93)118(110)87-25-9-4-10-26-87)84-52-60-113-101(67-84)100-66-80(51-59-112(100)120(113)89-29-13-6-14-30-89)83-46-54-91-90-53-45-82(70-103(90)116(104(91)71-83)61-21-22-62-116)79-50-58-111-99(65-79)94-33-17-20-36-108(94)119(111)88-27-11-5-12-28-88/h3-20,23-60,63-72H,21-22,61-62H2,1-2H3. The van der Waals surface area contributed by atoms with Crippen LogP contribution in [0.3, 0.4) is 0 Å². The van der Waals surface area contributed by atoms with Crippen molar-refractivity contribution in [2.75, 3.05) is 0 Å². The molecule has 1 saturated carbocycles. The molecule has 0 unspecified atom stereocenters. The number of aromatic nitrogens is 4. The van der Waals surface area contributed by atoms with Gasteiger partial charge in [0.25, 0.3) is 0 Å². The maximum Gasteiger partial charge on any atom is 0.0541 e. The SMILES string of the molecule is CC1(C)c2cc(-c3ccc(-c4ccc5c(c4)c4ccccc4n5-c4ccccc4)cc3)ccc2-c2c(-c3ccc4c(c3)c3cc(-c5ccc6c(c5)C5(CCCC5)c5cc(-c7ccc8c(c7)c7ccccc7n8-c7ccccc7)ccc5-6)ccc3n4-c3ccccc3)cc(-c3ccc(-c4ccc5c(c4)c4ccccc4n5-c4ccccc4)cc3)cc21. The van der Waals surface area contributed by atoms with Crippen molar-refractivity contribution in [2.45, 2.75) is 50.4 Å². The summed E-state index contributed by atoms with van der Waals surface area (Å²) in [4.78, 5) is 0. The van der Waals surface area contributed by atoms with Crippen LogP contribution in [-0.2, 0) is 10.8 Å². The molecule has 0 N–H and O–H groups in total. The molecule has 0 bridgehead atoms. The van der Waals surface area contributed by atoms with E-state index in [1.165, 1.54) is 234 Å². The van der Waals surface area contributed by atoms with Gasteiger partial charge < -0.3 is 18.3 Å². The highest BCUT2D eigenvalue weighted by molar-refractivity contribution is 6.15. The Morgan fingerprint density at radius 2 is 0.442 bits per heavy atom. The summed E-state index contributed by atoms with van der Waals surface area (Å²) in [5.41, 5.74) is 41.9. The second kappa shape index (κ2) is 26.3. The monoisotopic (exact) mass is 1530 g/mol. The van der Waals surface area contributed by atoms with Crippen molar-refractivity contribution in [3.8, 4) is 123 Å². The van der Waals surface area contributed by atoms with Crippen molar-refractivity contribution in [3.05, 3.63) is 423 Å². The number of benzene rings is 18. The molecule has 1 spiro atoms. The molecular weight excluding hydrogens is 1450 g/mol. The minimum atomic E-state index is -0.353. The van der Waals surface area contributed by atoms with Crippen LogP contribution in [0.1, 0.15) is 61.8 Å². The van der Waals surface area contributed by atoms with Crippen LogP contribution in [0.2, 0.25) is 0 Å². The maximum atomic E-state index is 2.59. The van der Waals surface area contributed by atoms with Crippen LogP contribution in [0.25, 0.3) is 210 Å². The third-order valence-corrected chi connectivity index (χ3v) is 27.5. The fourth-order valence-corrected chi connectivity index (χ4v) is 21.8. The molecule has 564 valence electrons. The van der Waals surface area contributed by atoms with Crippen LogP contribution in [0.4, 0.5) is 0 Å². The number of nitrogens with zero attached hydrogens (tertiary/aromatic N) is 4. The Kier molecular flexibility index (Phi) is 15.0. The zero-order valence-corrected chi connectivity index (χ0v) is 66.7. The molecule has 0 saturated heterocycles. The van der Waals surface area contributed by atoms with E-state index >= 15 is 0 Å². The van der Waals surface area contributed by atoms with Gasteiger partial charge in [-0.3, -0.25) is 0 Å². The quantitative estimate of drug-likeness (QED) is 0.123. The predicted molar refractivity (Wildman–Crippen MR) is 504 cm³/mol. The molecule has 0 aliphatic heterocycles. The van der Waals surface area contributed by atoms with E-state index in [1.54, 1.807) is 0 Å². The first-order chi connectivity index (χ1) is 59.2. The summed E-state index contributed by atoms with van der Waals surface area (Å²) < 4.78 is 9.69. The van der Waals surface area contributed by atoms with Crippen LogP contribution in [-0.4, -0.2) is 18.3 Å². The molecule has 4 heteroatoms. The lowest BCUT2D eigenvalue weighted by molar-refractivity contribution is 0.550. The van der Waals surface area contributed by atoms with Gasteiger partial charge in [-0.05, 0) is 293 Å². The van der Waals surface area contributed by atoms with Crippen molar-refractivity contribution >= 4 is 87.2 Å². The van der Waals surface area contributed by atoms with Crippen molar-refractivity contribution < 1.29 is 0 Å². The number of hydrogen-bond donors (Lipinski definition) is 0. The molecule has 3 aliphatic carbocycles. The average molecular weight is 1530 g/mol. The third kappa shape index (κ3) is 10.3. The molecule has 0 atom stereocenters. The summed E-state index contributed by atoms with van der Waals surface area (Å²) in [6, 6.07) is 151. The molecule has 1 fully saturated rings. The first-order valence-electron chi connectivity index (χ1n) is 42.5. The smallest absolute Gasteiger partial charge is 0.0541 e. The van der Waals surface area contributed by atoms with Crippen LogP contribution in [0.5, 0.6) is 0 Å². The Labute approximate surface area is 696 Å². The summed E-state index contributed by atoms with van der Waals surface area (Å²) >= 11 is 0. The van der Waals surface area contributed by atoms with Crippen molar-refractivity contribution in [1.29, 1.82) is 0 Å². The normalized spacial score (nSPS) is 13.8. The fraction of sp³-hybridized carbons (Fsp3) is 0.0690. The average Bonchev–Trinajstić information content (AvgIpc) is 1.55. The van der Waals surface area contributed by atoms with Crippen molar-refractivity contribution in [2.24, 2.45) is 0 Å². The van der Waals surface area contributed by atoms with Gasteiger partial charge in [-0.1, -0.05) is 269 Å². The van der Waals surface area contributed by atoms with Gasteiger partial charge in [0.2, 0.25) is 0 Å². The highest BCUT2D eigenvalue weighted by atomic mass is 15.0. The Morgan fingerprint density at radius 1 is 0.183 bits per heavy atom. The van der Waals surface area contributed by atoms with Gasteiger partial charge in [0.15, 0.2) is 0 Å². The van der Waals surface area contributed by atoms with Crippen LogP contribution in [0, 0.1) is 0 Å². The van der Waals surface area contributed by atoms with E-state index in [0.717, 1.165) is 24.2 Å². The third-order valence-electron chi connectivity index (χ3n) is 27.5. The van der Waals surface area contributed by atoms with E-state index in [9.17, 15) is 0 Å². The Hall–Kier alpha value is -14.8. The Balaban J connectivity index is 0.608. The highest BCUT2D eigenvalue weighted by Crippen LogP contribution is 2.60. The lowest BCUT2D eigenvalue weighted by Crippen LogP contribution is -2.20. The molecule has 18 aromatic carbocycles. The minimum absolute atomic E-state index is 0.0593. The van der Waals surface area contributed by atoms with Crippen LogP contribution in [0.15, 0.2) is 400 Å². The molecule has 0 amide bonds. The van der Waals surface area contributed by atoms with Gasteiger partial charge in [0.1, 0.15) is 0 Å². The summed E-state index contributed by atoms with van der Waals surface area (Å²) in [7, 11) is 0. The highest BCUT2D eigenvalue weighted by Gasteiger charge is 2.46. The molecule has 4 aromatic heterocycles. The van der Waals surface area contributed by atoms with Crippen LogP contribution < -0.4 is 0 Å². The summed E-state index contributed by atoms with van der Waals surface area (Å²) in [6.07, 6.45) is 4.72. The Bertz CT molecular complexity index is 8000. The van der Waals surface area contributed by atoms with Gasteiger partial charge in [-0.15, -0.1) is 0 Å². The zero-order valence-electron chi connectivity index (χ0n) is 66.7. The zero-order chi connectivity index (χ0) is 79.1. The number of rotatable bonds is 11. The van der Waals surface area contributed by atoms with Gasteiger partial charge in [0, 0.05) is 76.7 Å². The number of fused-ring (bicyclic) bond motifs is 20. The maximum absolute atomic E-state index is 2.59. The topological polar surface area (TPSA) is 19.7 Å². The van der Waals surface area contributed by atoms with Gasteiger partial charge in [-0.25, -0.2) is 0 Å². The molecule has 3 aliphatic rings. The van der Waals surface area contributed by atoms with Gasteiger partial charge >= 0.3 is 0 Å². The second-order valence-corrected chi connectivity index (χ2v) is 34.2. The van der Waals surface area contributed by atoms with Crippen LogP contribution >= 0.6 is 0 Å². The van der Waals surface area contributed by atoms with E-state index in [0.29, 0.717) is 0 Å². The van der Waals surface area contributed by atoms with Gasteiger partial charge in [-0.2, -0.15) is 0 Å². The molecule has 4 nitrogen and oxygen atoms in total. The molecule has 4 heterocycles. The fourth-order valence-electron chi connectivity index (χ4n) is 21.8. The first-order valence-corrected chi connectivity index (χ1v) is 42.5. The van der Waals surface area contributed by atoms with E-state index in [4.69, 9.17) is 0 Å². The molecule has 120 heavy (non-hydrogen) atoms. The Morgan fingerprint density at radius 3 is 0.825 bits per heavy atom. The summed E-state index contributed by atoms with van der Waals surface area (Å²) in [5, 5.41) is 10.0. The molecule has 22 aromatic rings. The summed E-state index contributed by atoms with van der Waals surface area (Å²) in [6.45, 7) is 4.90. The predicted octanol–water partition coefficient (Wildman–Crippen LogP) is 30.9. The molecule has 0 radical (unpaired) electrons. The largest absolute Gasteiger partial charge is 0.309 e. The van der Waals surface area contributed by atoms with E-state index in [1.807, 2.05) is 0 Å². The molecule has 25 rings (SSSR count).